The molecule has 0 amide bonds. The summed E-state index contributed by atoms with van der Waals surface area (Å²) in [6.45, 7) is 5.72. The highest BCUT2D eigenvalue weighted by atomic mass is 127. The maximum Gasteiger partial charge on any atom is 0.191 e. The third kappa shape index (κ3) is 6.92. The summed E-state index contributed by atoms with van der Waals surface area (Å²) in [6, 6.07) is 5.91. The van der Waals surface area contributed by atoms with Gasteiger partial charge in [0.2, 0.25) is 0 Å². The lowest BCUT2D eigenvalue weighted by molar-refractivity contribution is 0.304. The molecule has 1 aromatic rings. The standard InChI is InChI=1S/C19H31N3O2.HI/c1-4-14-6-9-16(10-7-14)22-19(20-5-2)21-13-15-8-11-18(24-3)17(23)12-15;/h8,11-12,14,16,23H,4-7,9-10,13H2,1-3H3,(H2,20,21,22);1H. The lowest BCUT2D eigenvalue weighted by Gasteiger charge is -2.29. The molecule has 0 saturated heterocycles. The van der Waals surface area contributed by atoms with E-state index in [-0.39, 0.29) is 29.7 Å². The van der Waals surface area contributed by atoms with Crippen LogP contribution in [-0.4, -0.2) is 30.8 Å². The molecule has 0 atom stereocenters. The van der Waals surface area contributed by atoms with E-state index < -0.39 is 0 Å². The molecule has 0 spiro atoms. The number of guanidine groups is 1. The van der Waals surface area contributed by atoms with Crippen LogP contribution in [0.25, 0.3) is 0 Å². The van der Waals surface area contributed by atoms with Gasteiger partial charge in [0.05, 0.1) is 13.7 Å². The number of methoxy groups -OCH3 is 1. The zero-order valence-corrected chi connectivity index (χ0v) is 17.9. The molecule has 1 aromatic carbocycles. The van der Waals surface area contributed by atoms with Crippen molar-refractivity contribution in [1.82, 2.24) is 10.6 Å². The molecule has 1 saturated carbocycles. The summed E-state index contributed by atoms with van der Waals surface area (Å²) in [5, 5.41) is 16.7. The number of phenolic OH excluding ortho intramolecular Hbond substituents is 1. The van der Waals surface area contributed by atoms with E-state index >= 15 is 0 Å². The van der Waals surface area contributed by atoms with E-state index in [4.69, 9.17) is 4.74 Å². The Labute approximate surface area is 168 Å². The first-order chi connectivity index (χ1) is 11.7. The summed E-state index contributed by atoms with van der Waals surface area (Å²) in [5.74, 6) is 2.39. The molecule has 25 heavy (non-hydrogen) atoms. The minimum absolute atomic E-state index is 0. The number of aliphatic imine (C=N–C) groups is 1. The Hall–Kier alpha value is -1.18. The molecular formula is C19H32IN3O2. The number of rotatable bonds is 6. The SMILES string of the molecule is CCNC(=NCc1ccc(OC)c(O)c1)NC1CCC(CC)CC1.I. The molecular weight excluding hydrogens is 429 g/mol. The molecule has 6 heteroatoms. The van der Waals surface area contributed by atoms with E-state index in [0.29, 0.717) is 18.3 Å². The van der Waals surface area contributed by atoms with Crippen molar-refractivity contribution >= 4 is 29.9 Å². The van der Waals surface area contributed by atoms with Crippen molar-refractivity contribution in [2.24, 2.45) is 10.9 Å². The van der Waals surface area contributed by atoms with Crippen LogP contribution in [0.2, 0.25) is 0 Å². The zero-order chi connectivity index (χ0) is 17.4. The Kier molecular flexibility index (Phi) is 10.0. The first-order valence-corrected chi connectivity index (χ1v) is 9.07. The van der Waals surface area contributed by atoms with E-state index in [1.807, 2.05) is 6.07 Å². The number of benzene rings is 1. The summed E-state index contributed by atoms with van der Waals surface area (Å²) < 4.78 is 5.07. The Morgan fingerprint density at radius 2 is 1.96 bits per heavy atom. The number of nitrogens with zero attached hydrogens (tertiary/aromatic N) is 1. The second-order valence-electron chi connectivity index (χ2n) is 6.47. The number of nitrogens with one attached hydrogen (secondary N) is 2. The lowest BCUT2D eigenvalue weighted by Crippen LogP contribution is -2.44. The number of phenols is 1. The predicted molar refractivity (Wildman–Crippen MR) is 114 cm³/mol. The van der Waals surface area contributed by atoms with Crippen LogP contribution in [0.15, 0.2) is 23.2 Å². The third-order valence-electron chi connectivity index (χ3n) is 4.77. The Morgan fingerprint density at radius 3 is 2.52 bits per heavy atom. The van der Waals surface area contributed by atoms with Gasteiger partial charge in [-0.15, -0.1) is 24.0 Å². The number of ether oxygens (including phenoxy) is 1. The minimum atomic E-state index is 0. The quantitative estimate of drug-likeness (QED) is 0.340. The van der Waals surface area contributed by atoms with Gasteiger partial charge in [-0.3, -0.25) is 0 Å². The topological polar surface area (TPSA) is 65.9 Å². The van der Waals surface area contributed by atoms with Crippen LogP contribution in [0.1, 0.15) is 51.5 Å². The van der Waals surface area contributed by atoms with Gasteiger partial charge in [-0.05, 0) is 56.2 Å². The Balaban J connectivity index is 0.00000312. The largest absolute Gasteiger partial charge is 0.504 e. The van der Waals surface area contributed by atoms with E-state index in [1.165, 1.54) is 32.1 Å². The van der Waals surface area contributed by atoms with Gasteiger partial charge in [0, 0.05) is 12.6 Å². The van der Waals surface area contributed by atoms with Gasteiger partial charge in [0.15, 0.2) is 17.5 Å². The maximum atomic E-state index is 9.86. The first-order valence-electron chi connectivity index (χ1n) is 9.07. The number of hydrogen-bond donors (Lipinski definition) is 3. The van der Waals surface area contributed by atoms with Gasteiger partial charge in [0.1, 0.15) is 0 Å². The van der Waals surface area contributed by atoms with E-state index in [1.54, 1.807) is 19.2 Å². The predicted octanol–water partition coefficient (Wildman–Crippen LogP) is 4.04. The molecule has 5 nitrogen and oxygen atoms in total. The van der Waals surface area contributed by atoms with Gasteiger partial charge in [-0.2, -0.15) is 0 Å². The summed E-state index contributed by atoms with van der Waals surface area (Å²) in [7, 11) is 1.55. The molecule has 1 aliphatic rings. The van der Waals surface area contributed by atoms with Crippen LogP contribution in [-0.2, 0) is 6.54 Å². The summed E-state index contributed by atoms with van der Waals surface area (Å²) in [4.78, 5) is 4.66. The highest BCUT2D eigenvalue weighted by Crippen LogP contribution is 2.27. The van der Waals surface area contributed by atoms with Crippen molar-refractivity contribution in [3.63, 3.8) is 0 Å². The van der Waals surface area contributed by atoms with Crippen molar-refractivity contribution < 1.29 is 9.84 Å². The average Bonchev–Trinajstić information content (AvgIpc) is 2.60. The summed E-state index contributed by atoms with van der Waals surface area (Å²) in [6.07, 6.45) is 6.33. The Bertz CT molecular complexity index is 543. The smallest absolute Gasteiger partial charge is 0.191 e. The molecule has 0 bridgehead atoms. The number of aromatic hydroxyl groups is 1. The molecule has 3 N–H and O–H groups in total. The average molecular weight is 461 g/mol. The van der Waals surface area contributed by atoms with E-state index in [2.05, 4.69) is 29.5 Å². The number of halogens is 1. The molecule has 0 aliphatic heterocycles. The first kappa shape index (κ1) is 21.9. The van der Waals surface area contributed by atoms with Crippen LogP contribution in [0.3, 0.4) is 0 Å². The fourth-order valence-electron chi connectivity index (χ4n) is 3.23. The zero-order valence-electron chi connectivity index (χ0n) is 15.5. The van der Waals surface area contributed by atoms with Crippen molar-refractivity contribution in [2.45, 2.75) is 58.5 Å². The summed E-state index contributed by atoms with van der Waals surface area (Å²) >= 11 is 0. The van der Waals surface area contributed by atoms with Crippen LogP contribution in [0, 0.1) is 5.92 Å². The van der Waals surface area contributed by atoms with Gasteiger partial charge in [-0.1, -0.05) is 19.4 Å². The molecule has 0 radical (unpaired) electrons. The van der Waals surface area contributed by atoms with Crippen LogP contribution < -0.4 is 15.4 Å². The summed E-state index contributed by atoms with van der Waals surface area (Å²) in [5.41, 5.74) is 0.959. The third-order valence-corrected chi connectivity index (χ3v) is 4.77. The Morgan fingerprint density at radius 1 is 1.24 bits per heavy atom. The van der Waals surface area contributed by atoms with Crippen molar-refractivity contribution in [3.05, 3.63) is 23.8 Å². The number of hydrogen-bond acceptors (Lipinski definition) is 3. The van der Waals surface area contributed by atoms with Gasteiger partial charge >= 0.3 is 0 Å². The molecule has 1 aliphatic carbocycles. The normalized spacial score (nSPS) is 20.5. The van der Waals surface area contributed by atoms with Gasteiger partial charge in [0.25, 0.3) is 0 Å². The lowest BCUT2D eigenvalue weighted by atomic mass is 9.84. The van der Waals surface area contributed by atoms with Crippen LogP contribution in [0.4, 0.5) is 0 Å². The van der Waals surface area contributed by atoms with Gasteiger partial charge in [-0.25, -0.2) is 4.99 Å². The molecule has 0 heterocycles. The fourth-order valence-corrected chi connectivity index (χ4v) is 3.23. The second kappa shape index (κ2) is 11.4. The highest BCUT2D eigenvalue weighted by molar-refractivity contribution is 14.0. The molecule has 0 aromatic heterocycles. The minimum Gasteiger partial charge on any atom is -0.504 e. The van der Waals surface area contributed by atoms with Crippen molar-refractivity contribution in [3.8, 4) is 11.5 Å². The van der Waals surface area contributed by atoms with Crippen molar-refractivity contribution in [2.75, 3.05) is 13.7 Å². The molecule has 0 unspecified atom stereocenters. The fraction of sp³-hybridized carbons (Fsp3) is 0.632. The maximum absolute atomic E-state index is 9.86. The van der Waals surface area contributed by atoms with Gasteiger partial charge < -0.3 is 20.5 Å². The monoisotopic (exact) mass is 461 g/mol. The second-order valence-corrected chi connectivity index (χ2v) is 6.47. The van der Waals surface area contributed by atoms with Crippen molar-refractivity contribution in [1.29, 1.82) is 0 Å². The van der Waals surface area contributed by atoms with E-state index in [0.717, 1.165) is 24.0 Å². The molecule has 1 fully saturated rings. The van der Waals surface area contributed by atoms with Crippen LogP contribution >= 0.6 is 24.0 Å². The highest BCUT2D eigenvalue weighted by Gasteiger charge is 2.20. The van der Waals surface area contributed by atoms with E-state index in [9.17, 15) is 5.11 Å². The molecule has 142 valence electrons. The molecule has 2 rings (SSSR count). The van der Waals surface area contributed by atoms with Crippen LogP contribution in [0.5, 0.6) is 11.5 Å².